The highest BCUT2D eigenvalue weighted by Gasteiger charge is 2.24. The van der Waals surface area contributed by atoms with Crippen LogP contribution in [0.2, 0.25) is 0 Å². The molecule has 1 heterocycles. The lowest BCUT2D eigenvalue weighted by Gasteiger charge is -2.22. The Kier molecular flexibility index (Phi) is 5.79. The van der Waals surface area contributed by atoms with Crippen molar-refractivity contribution < 1.29 is 14.3 Å². The van der Waals surface area contributed by atoms with E-state index in [4.69, 9.17) is 4.74 Å². The fourth-order valence-corrected chi connectivity index (χ4v) is 3.42. The molecule has 2 aromatic rings. The van der Waals surface area contributed by atoms with E-state index >= 15 is 0 Å². The molecule has 142 valence electrons. The van der Waals surface area contributed by atoms with Crippen molar-refractivity contribution in [3.63, 3.8) is 0 Å². The van der Waals surface area contributed by atoms with Crippen LogP contribution in [0.15, 0.2) is 42.5 Å². The summed E-state index contributed by atoms with van der Waals surface area (Å²) in [5.41, 5.74) is 3.40. The summed E-state index contributed by atoms with van der Waals surface area (Å²) in [5.74, 6) is 0.732. The Hall–Kier alpha value is -2.82. The first-order valence-electron chi connectivity index (χ1n) is 9.29. The molecule has 5 nitrogen and oxygen atoms in total. The molecule has 0 atom stereocenters. The molecule has 0 spiro atoms. The van der Waals surface area contributed by atoms with Gasteiger partial charge in [-0.3, -0.25) is 9.59 Å². The molecular formula is C22H26N2O3. The molecule has 0 N–H and O–H groups in total. The van der Waals surface area contributed by atoms with Crippen LogP contribution in [0.4, 0.5) is 0 Å². The number of carbonyl (C=O) groups is 2. The summed E-state index contributed by atoms with van der Waals surface area (Å²) in [4.78, 5) is 29.3. The second-order valence-corrected chi connectivity index (χ2v) is 6.99. The molecule has 0 radical (unpaired) electrons. The summed E-state index contributed by atoms with van der Waals surface area (Å²) >= 11 is 0. The van der Waals surface area contributed by atoms with E-state index in [1.807, 2.05) is 60.0 Å². The van der Waals surface area contributed by atoms with Crippen LogP contribution in [0, 0.1) is 13.8 Å². The molecule has 2 aromatic carbocycles. The predicted molar refractivity (Wildman–Crippen MR) is 105 cm³/mol. The average molecular weight is 366 g/mol. The molecule has 2 amide bonds. The zero-order valence-electron chi connectivity index (χ0n) is 16.2. The quantitative estimate of drug-likeness (QED) is 0.837. The number of hydrogen-bond donors (Lipinski definition) is 0. The summed E-state index contributed by atoms with van der Waals surface area (Å²) in [6.45, 7) is 6.32. The first kappa shape index (κ1) is 19.0. The lowest BCUT2D eigenvalue weighted by molar-refractivity contribution is 0.0718. The molecule has 5 heteroatoms. The van der Waals surface area contributed by atoms with Crippen molar-refractivity contribution in [2.75, 3.05) is 33.3 Å². The van der Waals surface area contributed by atoms with Crippen LogP contribution < -0.4 is 4.74 Å². The minimum absolute atomic E-state index is 0.0156. The molecule has 0 unspecified atom stereocenters. The van der Waals surface area contributed by atoms with Crippen molar-refractivity contribution in [1.29, 1.82) is 0 Å². The first-order valence-corrected chi connectivity index (χ1v) is 9.29. The molecule has 1 aliphatic heterocycles. The number of amides is 2. The predicted octanol–water partition coefficient (Wildman–Crippen LogP) is 3.30. The van der Waals surface area contributed by atoms with Crippen molar-refractivity contribution in [3.8, 4) is 5.75 Å². The molecule has 1 aliphatic rings. The van der Waals surface area contributed by atoms with Crippen LogP contribution in [-0.4, -0.2) is 54.9 Å². The van der Waals surface area contributed by atoms with E-state index in [9.17, 15) is 9.59 Å². The van der Waals surface area contributed by atoms with Crippen LogP contribution in [-0.2, 0) is 0 Å². The molecule has 1 fully saturated rings. The first-order chi connectivity index (χ1) is 13.0. The fourth-order valence-electron chi connectivity index (χ4n) is 3.42. The van der Waals surface area contributed by atoms with Gasteiger partial charge in [-0.1, -0.05) is 23.8 Å². The maximum absolute atomic E-state index is 12.9. The summed E-state index contributed by atoms with van der Waals surface area (Å²) in [7, 11) is 1.61. The molecule has 0 aromatic heterocycles. The number of aryl methyl sites for hydroxylation is 2. The zero-order chi connectivity index (χ0) is 19.4. The van der Waals surface area contributed by atoms with Crippen LogP contribution in [0.1, 0.15) is 38.3 Å². The molecule has 0 bridgehead atoms. The standard InChI is InChI=1S/C22H26N2O3/c1-16-6-4-7-18(14-16)21(25)23-10-5-11-24(13-12-23)22(26)19-9-8-17(2)20(15-19)27-3/h4,6-9,14-15H,5,10-13H2,1-3H3. The largest absolute Gasteiger partial charge is 0.496 e. The van der Waals surface area contributed by atoms with Gasteiger partial charge in [0.2, 0.25) is 0 Å². The summed E-state index contributed by atoms with van der Waals surface area (Å²) in [6.07, 6.45) is 0.770. The molecule has 3 rings (SSSR count). The monoisotopic (exact) mass is 366 g/mol. The van der Waals surface area contributed by atoms with Gasteiger partial charge in [0, 0.05) is 37.3 Å². The molecule has 1 saturated heterocycles. The third-order valence-electron chi connectivity index (χ3n) is 4.99. The Balaban J connectivity index is 1.69. The minimum atomic E-state index is -0.0156. The number of rotatable bonds is 3. The van der Waals surface area contributed by atoms with Gasteiger partial charge in [-0.15, -0.1) is 0 Å². The van der Waals surface area contributed by atoms with Crippen molar-refractivity contribution in [2.24, 2.45) is 0 Å². The van der Waals surface area contributed by atoms with E-state index in [2.05, 4.69) is 0 Å². The van der Waals surface area contributed by atoms with Crippen molar-refractivity contribution in [1.82, 2.24) is 9.80 Å². The SMILES string of the molecule is COc1cc(C(=O)N2CCCN(C(=O)c3cccc(C)c3)CC2)ccc1C. The van der Waals surface area contributed by atoms with E-state index in [1.54, 1.807) is 13.2 Å². The summed E-state index contributed by atoms with van der Waals surface area (Å²) in [5, 5.41) is 0. The number of benzene rings is 2. The summed E-state index contributed by atoms with van der Waals surface area (Å²) < 4.78 is 5.33. The zero-order valence-corrected chi connectivity index (χ0v) is 16.2. The van der Waals surface area contributed by atoms with Gasteiger partial charge in [-0.2, -0.15) is 0 Å². The smallest absolute Gasteiger partial charge is 0.254 e. The highest BCUT2D eigenvalue weighted by molar-refractivity contribution is 5.96. The third kappa shape index (κ3) is 4.30. The Morgan fingerprint density at radius 3 is 2.07 bits per heavy atom. The maximum Gasteiger partial charge on any atom is 0.254 e. The number of methoxy groups -OCH3 is 1. The van der Waals surface area contributed by atoms with E-state index in [0.717, 1.165) is 17.5 Å². The highest BCUT2D eigenvalue weighted by Crippen LogP contribution is 2.21. The maximum atomic E-state index is 12.9. The Labute approximate surface area is 160 Å². The van der Waals surface area contributed by atoms with Gasteiger partial charge in [0.25, 0.3) is 11.8 Å². The van der Waals surface area contributed by atoms with Crippen LogP contribution in [0.25, 0.3) is 0 Å². The van der Waals surface area contributed by atoms with Crippen LogP contribution >= 0.6 is 0 Å². The number of ether oxygens (including phenoxy) is 1. The number of nitrogens with zero attached hydrogens (tertiary/aromatic N) is 2. The fraction of sp³-hybridized carbons (Fsp3) is 0.364. The lowest BCUT2D eigenvalue weighted by Crippen LogP contribution is -2.37. The van der Waals surface area contributed by atoms with Gasteiger partial charge in [-0.05, 0) is 50.1 Å². The van der Waals surface area contributed by atoms with Crippen molar-refractivity contribution in [3.05, 3.63) is 64.7 Å². The normalized spacial score (nSPS) is 14.6. The van der Waals surface area contributed by atoms with E-state index < -0.39 is 0 Å². The Morgan fingerprint density at radius 1 is 0.852 bits per heavy atom. The highest BCUT2D eigenvalue weighted by atomic mass is 16.5. The van der Waals surface area contributed by atoms with Gasteiger partial charge in [0.05, 0.1) is 7.11 Å². The van der Waals surface area contributed by atoms with Gasteiger partial charge < -0.3 is 14.5 Å². The van der Waals surface area contributed by atoms with Crippen molar-refractivity contribution >= 4 is 11.8 Å². The number of hydrogen-bond acceptors (Lipinski definition) is 3. The van der Waals surface area contributed by atoms with Gasteiger partial charge in [0.1, 0.15) is 5.75 Å². The molecule has 27 heavy (non-hydrogen) atoms. The topological polar surface area (TPSA) is 49.9 Å². The van der Waals surface area contributed by atoms with Gasteiger partial charge >= 0.3 is 0 Å². The second-order valence-electron chi connectivity index (χ2n) is 6.99. The van der Waals surface area contributed by atoms with Crippen molar-refractivity contribution in [2.45, 2.75) is 20.3 Å². The second kappa shape index (κ2) is 8.25. The van der Waals surface area contributed by atoms with E-state index in [0.29, 0.717) is 43.1 Å². The third-order valence-corrected chi connectivity index (χ3v) is 4.99. The Morgan fingerprint density at radius 2 is 1.48 bits per heavy atom. The van der Waals surface area contributed by atoms with E-state index in [-0.39, 0.29) is 11.8 Å². The summed E-state index contributed by atoms with van der Waals surface area (Å²) in [6, 6.07) is 13.2. The van der Waals surface area contributed by atoms with Gasteiger partial charge in [0.15, 0.2) is 0 Å². The Bertz CT molecular complexity index is 847. The van der Waals surface area contributed by atoms with Crippen LogP contribution in [0.3, 0.4) is 0 Å². The molecule has 0 aliphatic carbocycles. The van der Waals surface area contributed by atoms with E-state index in [1.165, 1.54) is 0 Å². The molecular weight excluding hydrogens is 340 g/mol. The van der Waals surface area contributed by atoms with Crippen LogP contribution in [0.5, 0.6) is 5.75 Å². The average Bonchev–Trinajstić information content (AvgIpc) is 2.93. The van der Waals surface area contributed by atoms with Gasteiger partial charge in [-0.25, -0.2) is 0 Å². The minimum Gasteiger partial charge on any atom is -0.496 e. The lowest BCUT2D eigenvalue weighted by atomic mass is 10.1. The molecule has 0 saturated carbocycles. The number of carbonyl (C=O) groups excluding carboxylic acids is 2.